The summed E-state index contributed by atoms with van der Waals surface area (Å²) in [6.45, 7) is 2.04. The van der Waals surface area contributed by atoms with Crippen molar-refractivity contribution in [1.29, 1.82) is 0 Å². The lowest BCUT2D eigenvalue weighted by molar-refractivity contribution is 0.579. The van der Waals surface area contributed by atoms with E-state index in [1.807, 2.05) is 6.92 Å². The largest absolute Gasteiger partial charge is 0.381 e. The van der Waals surface area contributed by atoms with Crippen LogP contribution in [0.2, 0.25) is 0 Å². The second kappa shape index (κ2) is 5.36. The van der Waals surface area contributed by atoms with E-state index in [0.29, 0.717) is 0 Å². The highest BCUT2D eigenvalue weighted by molar-refractivity contribution is 14.1. The molecule has 1 aromatic carbocycles. The molecule has 0 saturated heterocycles. The Morgan fingerprint density at radius 3 is 2.72 bits per heavy atom. The minimum atomic E-state index is -2.96. The van der Waals surface area contributed by atoms with Crippen LogP contribution in [0.5, 0.6) is 0 Å². The van der Waals surface area contributed by atoms with Crippen molar-refractivity contribution in [3.63, 3.8) is 0 Å². The zero-order valence-electron chi connectivity index (χ0n) is 10.6. The van der Waals surface area contributed by atoms with Crippen molar-refractivity contribution in [3.05, 3.63) is 27.3 Å². The molecule has 2 unspecified atom stereocenters. The molecule has 0 bridgehead atoms. The summed E-state index contributed by atoms with van der Waals surface area (Å²) in [6.07, 6.45) is 4.04. The third kappa shape index (κ3) is 3.17. The molecule has 0 heterocycles. The van der Waals surface area contributed by atoms with Crippen molar-refractivity contribution in [3.8, 4) is 0 Å². The van der Waals surface area contributed by atoms with E-state index < -0.39 is 9.84 Å². The molecule has 0 aromatic heterocycles. The van der Waals surface area contributed by atoms with Crippen molar-refractivity contribution in [2.45, 2.75) is 37.5 Å². The summed E-state index contributed by atoms with van der Waals surface area (Å²) in [5.74, 6) is 0. The van der Waals surface area contributed by atoms with Gasteiger partial charge in [0.2, 0.25) is 0 Å². The molecule has 1 aliphatic carbocycles. The summed E-state index contributed by atoms with van der Waals surface area (Å²) in [7, 11) is -2.96. The fourth-order valence-corrected chi connectivity index (χ4v) is 4.44. The molecule has 100 valence electrons. The molecule has 2 atom stereocenters. The second-order valence-electron chi connectivity index (χ2n) is 5.01. The van der Waals surface area contributed by atoms with E-state index in [-0.39, 0.29) is 11.3 Å². The number of aryl methyl sites for hydroxylation is 1. The molecule has 2 rings (SSSR count). The molecule has 5 heteroatoms. The van der Waals surface area contributed by atoms with Crippen molar-refractivity contribution in [2.75, 3.05) is 11.6 Å². The van der Waals surface area contributed by atoms with Crippen LogP contribution in [-0.4, -0.2) is 26.0 Å². The van der Waals surface area contributed by atoms with Crippen LogP contribution < -0.4 is 5.32 Å². The monoisotopic (exact) mass is 379 g/mol. The number of sulfone groups is 1. The van der Waals surface area contributed by atoms with Gasteiger partial charge in [0.05, 0.1) is 5.25 Å². The standard InChI is InChI=1S/C13H18INO2S/c1-9-6-7-10(14)8-12(9)15-11-4-3-5-13(11)18(2,16)17/h6-8,11,13,15H,3-5H2,1-2H3. The smallest absolute Gasteiger partial charge is 0.152 e. The van der Waals surface area contributed by atoms with Crippen LogP contribution in [0.15, 0.2) is 18.2 Å². The quantitative estimate of drug-likeness (QED) is 0.822. The second-order valence-corrected chi connectivity index (χ2v) is 8.52. The molecule has 1 fully saturated rings. The number of hydrogen-bond donors (Lipinski definition) is 1. The predicted molar refractivity (Wildman–Crippen MR) is 83.8 cm³/mol. The summed E-state index contributed by atoms with van der Waals surface area (Å²) in [4.78, 5) is 0. The van der Waals surface area contributed by atoms with Crippen LogP contribution in [0, 0.1) is 10.5 Å². The average molecular weight is 379 g/mol. The van der Waals surface area contributed by atoms with Gasteiger partial charge in [-0.05, 0) is 66.5 Å². The van der Waals surface area contributed by atoms with Gasteiger partial charge in [0.15, 0.2) is 9.84 Å². The van der Waals surface area contributed by atoms with Gasteiger partial charge >= 0.3 is 0 Å². The van der Waals surface area contributed by atoms with E-state index in [1.54, 1.807) is 0 Å². The van der Waals surface area contributed by atoms with Gasteiger partial charge < -0.3 is 5.32 Å². The highest BCUT2D eigenvalue weighted by Crippen LogP contribution is 2.29. The minimum Gasteiger partial charge on any atom is -0.381 e. The first kappa shape index (κ1) is 14.1. The molecule has 1 saturated carbocycles. The van der Waals surface area contributed by atoms with Crippen molar-refractivity contribution < 1.29 is 8.42 Å². The van der Waals surface area contributed by atoms with E-state index >= 15 is 0 Å². The Bertz CT molecular complexity index is 542. The molecular formula is C13H18INO2S. The van der Waals surface area contributed by atoms with E-state index in [1.165, 1.54) is 6.26 Å². The topological polar surface area (TPSA) is 46.2 Å². The first-order chi connectivity index (χ1) is 8.38. The summed E-state index contributed by atoms with van der Waals surface area (Å²) >= 11 is 2.27. The predicted octanol–water partition coefficient (Wildman–Crippen LogP) is 2.98. The van der Waals surface area contributed by atoms with Crippen molar-refractivity contribution >= 4 is 38.1 Å². The molecule has 1 aliphatic rings. The number of benzene rings is 1. The Hall–Kier alpha value is -0.300. The molecular weight excluding hydrogens is 361 g/mol. The summed E-state index contributed by atoms with van der Waals surface area (Å²) in [6, 6.07) is 6.25. The van der Waals surface area contributed by atoms with Crippen LogP contribution in [0.4, 0.5) is 5.69 Å². The van der Waals surface area contributed by atoms with Crippen LogP contribution in [0.25, 0.3) is 0 Å². The third-order valence-corrected chi connectivity index (χ3v) is 5.88. The maximum absolute atomic E-state index is 11.7. The molecule has 1 N–H and O–H groups in total. The first-order valence-corrected chi connectivity index (χ1v) is 9.13. The van der Waals surface area contributed by atoms with Crippen LogP contribution in [0.1, 0.15) is 24.8 Å². The summed E-state index contributed by atoms with van der Waals surface area (Å²) < 4.78 is 24.7. The number of hydrogen-bond acceptors (Lipinski definition) is 3. The van der Waals surface area contributed by atoms with Gasteiger partial charge in [0, 0.05) is 21.6 Å². The van der Waals surface area contributed by atoms with E-state index in [4.69, 9.17) is 0 Å². The highest BCUT2D eigenvalue weighted by Gasteiger charge is 2.34. The molecule has 3 nitrogen and oxygen atoms in total. The first-order valence-electron chi connectivity index (χ1n) is 6.09. The van der Waals surface area contributed by atoms with E-state index in [0.717, 1.165) is 34.1 Å². The van der Waals surface area contributed by atoms with Gasteiger partial charge in [-0.25, -0.2) is 8.42 Å². The molecule has 0 aliphatic heterocycles. The SMILES string of the molecule is Cc1ccc(I)cc1NC1CCCC1S(C)(=O)=O. The minimum absolute atomic E-state index is 0.0527. The zero-order chi connectivity index (χ0) is 13.3. The van der Waals surface area contributed by atoms with Crippen molar-refractivity contribution in [1.82, 2.24) is 0 Å². The van der Waals surface area contributed by atoms with Gasteiger partial charge in [0.25, 0.3) is 0 Å². The summed E-state index contributed by atoms with van der Waals surface area (Å²) in [5.41, 5.74) is 2.22. The fourth-order valence-electron chi connectivity index (χ4n) is 2.55. The van der Waals surface area contributed by atoms with Crippen molar-refractivity contribution in [2.24, 2.45) is 0 Å². The average Bonchev–Trinajstić information content (AvgIpc) is 2.71. The van der Waals surface area contributed by atoms with Crippen LogP contribution >= 0.6 is 22.6 Å². The number of halogens is 1. The maximum atomic E-state index is 11.7. The Morgan fingerprint density at radius 1 is 1.33 bits per heavy atom. The lowest BCUT2D eigenvalue weighted by Crippen LogP contribution is -2.34. The lowest BCUT2D eigenvalue weighted by Gasteiger charge is -2.22. The third-order valence-electron chi connectivity index (χ3n) is 3.54. The molecule has 0 amide bonds. The van der Waals surface area contributed by atoms with E-state index in [9.17, 15) is 8.42 Å². The van der Waals surface area contributed by atoms with Gasteiger partial charge in [0.1, 0.15) is 0 Å². The Balaban J connectivity index is 2.21. The highest BCUT2D eigenvalue weighted by atomic mass is 127. The lowest BCUT2D eigenvalue weighted by atomic mass is 10.1. The number of rotatable bonds is 3. The number of nitrogens with one attached hydrogen (secondary N) is 1. The molecule has 1 aromatic rings. The fraction of sp³-hybridized carbons (Fsp3) is 0.538. The Kier molecular flexibility index (Phi) is 4.21. The van der Waals surface area contributed by atoms with Gasteiger partial charge in [-0.1, -0.05) is 6.07 Å². The van der Waals surface area contributed by atoms with Crippen LogP contribution in [0.3, 0.4) is 0 Å². The number of anilines is 1. The van der Waals surface area contributed by atoms with Crippen LogP contribution in [-0.2, 0) is 9.84 Å². The summed E-state index contributed by atoms with van der Waals surface area (Å²) in [5, 5.41) is 3.18. The molecule has 18 heavy (non-hydrogen) atoms. The van der Waals surface area contributed by atoms with Gasteiger partial charge in [-0.2, -0.15) is 0 Å². The molecule has 0 spiro atoms. The maximum Gasteiger partial charge on any atom is 0.152 e. The zero-order valence-corrected chi connectivity index (χ0v) is 13.6. The molecule has 0 radical (unpaired) electrons. The Morgan fingerprint density at radius 2 is 2.06 bits per heavy atom. The normalized spacial score (nSPS) is 24.2. The van der Waals surface area contributed by atoms with Gasteiger partial charge in [-0.15, -0.1) is 0 Å². The van der Waals surface area contributed by atoms with E-state index in [2.05, 4.69) is 46.1 Å². The Labute approximate surface area is 122 Å². The van der Waals surface area contributed by atoms with Gasteiger partial charge in [-0.3, -0.25) is 0 Å².